The molecule has 1 unspecified atom stereocenters. The van der Waals surface area contributed by atoms with E-state index in [0.717, 1.165) is 50.7 Å². The van der Waals surface area contributed by atoms with E-state index in [2.05, 4.69) is 83.7 Å². The van der Waals surface area contributed by atoms with Crippen molar-refractivity contribution >= 4 is 5.96 Å². The summed E-state index contributed by atoms with van der Waals surface area (Å²) in [5.74, 6) is 0.825. The molecule has 0 bridgehead atoms. The molecule has 0 aliphatic carbocycles. The number of aromatic nitrogens is 2. The fourth-order valence-corrected chi connectivity index (χ4v) is 3.98. The van der Waals surface area contributed by atoms with Gasteiger partial charge in [0.2, 0.25) is 0 Å². The largest absolute Gasteiger partial charge is 0.354 e. The van der Waals surface area contributed by atoms with Gasteiger partial charge in [0.25, 0.3) is 0 Å². The van der Waals surface area contributed by atoms with Crippen LogP contribution in [0.5, 0.6) is 0 Å². The number of benzene rings is 1. The number of aryl methyl sites for hydroxylation is 2. The Hall–Kier alpha value is -2.34. The minimum atomic E-state index is 0.306. The first-order valence-electron chi connectivity index (χ1n) is 10.9. The van der Waals surface area contributed by atoms with Gasteiger partial charge in [-0.1, -0.05) is 58.0 Å². The Morgan fingerprint density at radius 1 is 1.07 bits per heavy atom. The van der Waals surface area contributed by atoms with Crippen LogP contribution in [-0.2, 0) is 26.4 Å². The fraction of sp³-hybridized carbons (Fsp3) is 0.565. The Bertz CT molecular complexity index is 761. The summed E-state index contributed by atoms with van der Waals surface area (Å²) < 4.78 is 2.01. The van der Waals surface area contributed by atoms with E-state index in [-0.39, 0.29) is 0 Å². The van der Waals surface area contributed by atoms with Crippen molar-refractivity contribution in [3.63, 3.8) is 0 Å². The van der Waals surface area contributed by atoms with Crippen LogP contribution in [0.15, 0.2) is 35.3 Å². The van der Waals surface area contributed by atoms with Crippen LogP contribution in [0.1, 0.15) is 56.3 Å². The molecule has 0 radical (unpaired) electrons. The molecule has 29 heavy (non-hydrogen) atoms. The normalized spacial score (nSPS) is 13.0. The topological polar surface area (TPSA) is 57.5 Å². The quantitative estimate of drug-likeness (QED) is 0.476. The van der Waals surface area contributed by atoms with Crippen molar-refractivity contribution in [1.29, 1.82) is 0 Å². The number of nitrogens with one attached hydrogen (secondary N) is 2. The second-order valence-electron chi connectivity index (χ2n) is 7.16. The first-order valence-corrected chi connectivity index (χ1v) is 10.9. The van der Waals surface area contributed by atoms with Crippen LogP contribution in [0.2, 0.25) is 0 Å². The van der Waals surface area contributed by atoms with Crippen LogP contribution >= 0.6 is 0 Å². The Morgan fingerprint density at radius 3 is 2.31 bits per heavy atom. The smallest absolute Gasteiger partial charge is 0.191 e. The second kappa shape index (κ2) is 11.6. The zero-order valence-corrected chi connectivity index (χ0v) is 19.0. The first-order chi connectivity index (χ1) is 14.1. The molecule has 0 amide bonds. The number of guanidine groups is 1. The molecule has 1 atom stereocenters. The summed E-state index contributed by atoms with van der Waals surface area (Å²) in [6.07, 6.45) is 1.92. The van der Waals surface area contributed by atoms with Gasteiger partial charge >= 0.3 is 0 Å². The van der Waals surface area contributed by atoms with E-state index in [4.69, 9.17) is 0 Å². The van der Waals surface area contributed by atoms with Gasteiger partial charge < -0.3 is 10.6 Å². The Morgan fingerprint density at radius 2 is 1.76 bits per heavy atom. The predicted molar refractivity (Wildman–Crippen MR) is 122 cm³/mol. The highest BCUT2D eigenvalue weighted by molar-refractivity contribution is 5.79. The summed E-state index contributed by atoms with van der Waals surface area (Å²) >= 11 is 0. The summed E-state index contributed by atoms with van der Waals surface area (Å²) in [5.41, 5.74) is 5.07. The van der Waals surface area contributed by atoms with Gasteiger partial charge in [-0.3, -0.25) is 14.6 Å². The van der Waals surface area contributed by atoms with Gasteiger partial charge in [-0.25, -0.2) is 0 Å². The Kier molecular flexibility index (Phi) is 9.19. The minimum absolute atomic E-state index is 0.306. The van der Waals surface area contributed by atoms with Crippen molar-refractivity contribution in [2.24, 2.45) is 12.0 Å². The lowest BCUT2D eigenvalue weighted by Crippen LogP contribution is -2.43. The number of rotatable bonds is 10. The molecule has 6 heteroatoms. The van der Waals surface area contributed by atoms with Crippen molar-refractivity contribution in [3.8, 4) is 0 Å². The molecule has 1 aromatic heterocycles. The van der Waals surface area contributed by atoms with Gasteiger partial charge in [-0.2, -0.15) is 5.10 Å². The maximum Gasteiger partial charge on any atom is 0.191 e. The molecule has 2 N–H and O–H groups in total. The predicted octanol–water partition coefficient (Wildman–Crippen LogP) is 3.29. The van der Waals surface area contributed by atoms with Crippen molar-refractivity contribution in [1.82, 2.24) is 25.3 Å². The summed E-state index contributed by atoms with van der Waals surface area (Å²) in [7, 11) is 3.86. The van der Waals surface area contributed by atoms with Gasteiger partial charge in [-0.05, 0) is 31.5 Å². The molecule has 1 heterocycles. The lowest BCUT2D eigenvalue weighted by molar-refractivity contribution is 0.219. The third kappa shape index (κ3) is 5.82. The molecule has 1 aromatic carbocycles. The van der Waals surface area contributed by atoms with E-state index < -0.39 is 0 Å². The number of hydrogen-bond donors (Lipinski definition) is 2. The highest BCUT2D eigenvalue weighted by atomic mass is 15.3. The molecule has 0 saturated heterocycles. The van der Waals surface area contributed by atoms with Crippen molar-refractivity contribution in [2.75, 3.05) is 26.7 Å². The van der Waals surface area contributed by atoms with E-state index in [1.807, 2.05) is 18.8 Å². The van der Waals surface area contributed by atoms with Crippen LogP contribution in [0, 0.1) is 0 Å². The molecule has 160 valence electrons. The molecule has 0 spiro atoms. The number of aliphatic imine (C=N–C) groups is 1. The Balaban J connectivity index is 2.07. The van der Waals surface area contributed by atoms with Gasteiger partial charge in [0.05, 0.1) is 11.7 Å². The summed E-state index contributed by atoms with van der Waals surface area (Å²) in [6.45, 7) is 12.3. The van der Waals surface area contributed by atoms with Crippen LogP contribution in [0.25, 0.3) is 0 Å². The summed E-state index contributed by atoms with van der Waals surface area (Å²) in [5, 5.41) is 11.7. The SMILES string of the molecule is CCc1nn(C)c(CC)c1CNC(=NC)NCC(c1ccccc1)N(CC)CC. The second-order valence-corrected chi connectivity index (χ2v) is 7.16. The van der Waals surface area contributed by atoms with Gasteiger partial charge in [0, 0.05) is 38.4 Å². The van der Waals surface area contributed by atoms with E-state index >= 15 is 0 Å². The molecule has 2 aromatic rings. The molecule has 2 rings (SSSR count). The molecule has 0 aliphatic rings. The van der Waals surface area contributed by atoms with Crippen LogP contribution in [0.3, 0.4) is 0 Å². The highest BCUT2D eigenvalue weighted by Crippen LogP contribution is 2.19. The average Bonchev–Trinajstić information content (AvgIpc) is 3.08. The number of likely N-dealkylation sites (N-methyl/N-ethyl adjacent to an activating group) is 1. The lowest BCUT2D eigenvalue weighted by atomic mass is 10.1. The lowest BCUT2D eigenvalue weighted by Gasteiger charge is -2.30. The molecular weight excluding hydrogens is 360 g/mol. The Labute approximate surface area is 176 Å². The van der Waals surface area contributed by atoms with Crippen molar-refractivity contribution in [2.45, 2.75) is 53.1 Å². The molecule has 0 fully saturated rings. The summed E-state index contributed by atoms with van der Waals surface area (Å²) in [4.78, 5) is 6.92. The molecule has 6 nitrogen and oxygen atoms in total. The van der Waals surface area contributed by atoms with Crippen LogP contribution in [-0.4, -0.2) is 47.3 Å². The monoisotopic (exact) mass is 398 g/mol. The summed E-state index contributed by atoms with van der Waals surface area (Å²) in [6, 6.07) is 11.0. The van der Waals surface area contributed by atoms with E-state index in [9.17, 15) is 0 Å². The zero-order valence-electron chi connectivity index (χ0n) is 19.0. The van der Waals surface area contributed by atoms with E-state index in [0.29, 0.717) is 6.04 Å². The molecule has 0 saturated carbocycles. The molecular formula is C23H38N6. The van der Waals surface area contributed by atoms with Gasteiger partial charge in [0.15, 0.2) is 5.96 Å². The maximum absolute atomic E-state index is 4.67. The van der Waals surface area contributed by atoms with Gasteiger partial charge in [0.1, 0.15) is 0 Å². The third-order valence-electron chi connectivity index (χ3n) is 5.58. The fourth-order valence-electron chi connectivity index (χ4n) is 3.98. The van der Waals surface area contributed by atoms with E-state index in [1.165, 1.54) is 16.8 Å². The third-order valence-corrected chi connectivity index (χ3v) is 5.58. The minimum Gasteiger partial charge on any atom is -0.354 e. The maximum atomic E-state index is 4.67. The van der Waals surface area contributed by atoms with Crippen LogP contribution in [0.4, 0.5) is 0 Å². The number of nitrogens with zero attached hydrogens (tertiary/aromatic N) is 4. The average molecular weight is 399 g/mol. The first kappa shape index (κ1) is 22.9. The van der Waals surface area contributed by atoms with Gasteiger partial charge in [-0.15, -0.1) is 0 Å². The van der Waals surface area contributed by atoms with Crippen LogP contribution < -0.4 is 10.6 Å². The standard InChI is InChI=1S/C23H38N6/c1-7-20-19(21(8-2)28(6)27-20)16-25-23(24-5)26-17-22(29(9-3)10-4)18-14-12-11-13-15-18/h11-15,22H,7-10,16-17H2,1-6H3,(H2,24,25,26). The zero-order chi connectivity index (χ0) is 21.2. The number of hydrogen-bond acceptors (Lipinski definition) is 3. The highest BCUT2D eigenvalue weighted by Gasteiger charge is 2.19. The van der Waals surface area contributed by atoms with E-state index in [1.54, 1.807) is 0 Å². The van der Waals surface area contributed by atoms with Crippen molar-refractivity contribution < 1.29 is 0 Å². The molecule has 0 aliphatic heterocycles. The van der Waals surface area contributed by atoms with Crippen molar-refractivity contribution in [3.05, 3.63) is 52.8 Å².